The SMILES string of the molecule is CCCCCCCCCCCCCCCCCC(=O)OCC(F)(F)S(=O)(=O)O. The number of unbranched alkanes of at least 4 members (excludes halogenated alkanes) is 14. The van der Waals surface area contributed by atoms with Crippen molar-refractivity contribution in [2.75, 3.05) is 6.61 Å². The van der Waals surface area contributed by atoms with Gasteiger partial charge >= 0.3 is 21.3 Å². The molecular weight excluding hydrogens is 390 g/mol. The van der Waals surface area contributed by atoms with Crippen LogP contribution in [0, 0.1) is 0 Å². The van der Waals surface area contributed by atoms with Crippen LogP contribution in [0.1, 0.15) is 110 Å². The van der Waals surface area contributed by atoms with Gasteiger partial charge < -0.3 is 4.74 Å². The summed E-state index contributed by atoms with van der Waals surface area (Å²) < 4.78 is 59.1. The van der Waals surface area contributed by atoms with Crippen LogP contribution in [0.5, 0.6) is 0 Å². The van der Waals surface area contributed by atoms with E-state index in [0.29, 0.717) is 6.42 Å². The summed E-state index contributed by atoms with van der Waals surface area (Å²) in [6.07, 6.45) is 17.7. The number of ether oxygens (including phenoxy) is 1. The van der Waals surface area contributed by atoms with Crippen molar-refractivity contribution in [3.8, 4) is 0 Å². The van der Waals surface area contributed by atoms with Crippen molar-refractivity contribution in [1.82, 2.24) is 0 Å². The molecule has 28 heavy (non-hydrogen) atoms. The van der Waals surface area contributed by atoms with Gasteiger partial charge in [0.2, 0.25) is 0 Å². The van der Waals surface area contributed by atoms with Crippen molar-refractivity contribution >= 4 is 16.1 Å². The first-order chi connectivity index (χ1) is 13.2. The monoisotopic (exact) mass is 428 g/mol. The molecule has 0 rings (SSSR count). The van der Waals surface area contributed by atoms with Crippen LogP contribution in [-0.4, -0.2) is 30.8 Å². The number of hydrogen-bond acceptors (Lipinski definition) is 4. The molecule has 0 spiro atoms. The Bertz CT molecular complexity index is 495. The molecule has 0 aliphatic heterocycles. The highest BCUT2D eigenvalue weighted by Crippen LogP contribution is 2.21. The molecule has 0 aromatic heterocycles. The lowest BCUT2D eigenvalue weighted by atomic mass is 10.0. The molecule has 168 valence electrons. The maximum atomic E-state index is 12.9. The molecule has 5 nitrogen and oxygen atoms in total. The molecule has 0 amide bonds. The number of carbonyl (C=O) groups excluding carboxylic acids is 1. The fourth-order valence-electron chi connectivity index (χ4n) is 2.95. The summed E-state index contributed by atoms with van der Waals surface area (Å²) in [5.41, 5.74) is 0. The summed E-state index contributed by atoms with van der Waals surface area (Å²) in [5.74, 6) is -0.877. The van der Waals surface area contributed by atoms with Gasteiger partial charge in [0, 0.05) is 6.42 Å². The average Bonchev–Trinajstić information content (AvgIpc) is 2.62. The van der Waals surface area contributed by atoms with E-state index in [9.17, 15) is 22.0 Å². The van der Waals surface area contributed by atoms with Gasteiger partial charge in [0.15, 0.2) is 6.61 Å². The lowest BCUT2D eigenvalue weighted by molar-refractivity contribution is -0.149. The fraction of sp³-hybridized carbons (Fsp3) is 0.950. The maximum Gasteiger partial charge on any atom is 0.402 e. The highest BCUT2D eigenvalue weighted by molar-refractivity contribution is 7.86. The number of carbonyl (C=O) groups is 1. The van der Waals surface area contributed by atoms with Crippen LogP contribution in [0.4, 0.5) is 8.78 Å². The predicted octanol–water partition coefficient (Wildman–Crippen LogP) is 6.27. The van der Waals surface area contributed by atoms with E-state index in [2.05, 4.69) is 11.7 Å². The molecule has 1 N–H and O–H groups in total. The third kappa shape index (κ3) is 15.2. The number of hydrogen-bond donors (Lipinski definition) is 1. The van der Waals surface area contributed by atoms with Crippen LogP contribution in [0.15, 0.2) is 0 Å². The molecule has 0 saturated heterocycles. The van der Waals surface area contributed by atoms with Crippen LogP contribution in [-0.2, 0) is 19.6 Å². The van der Waals surface area contributed by atoms with Gasteiger partial charge in [0.05, 0.1) is 0 Å². The van der Waals surface area contributed by atoms with E-state index in [1.807, 2.05) is 0 Å². The minimum atomic E-state index is -5.56. The summed E-state index contributed by atoms with van der Waals surface area (Å²) in [6, 6.07) is 0. The van der Waals surface area contributed by atoms with E-state index in [-0.39, 0.29) is 6.42 Å². The molecule has 0 aliphatic rings. The second-order valence-corrected chi connectivity index (χ2v) is 9.02. The molecule has 0 heterocycles. The molecule has 0 atom stereocenters. The second-order valence-electron chi connectivity index (χ2n) is 7.47. The van der Waals surface area contributed by atoms with Gasteiger partial charge in [-0.15, -0.1) is 0 Å². The van der Waals surface area contributed by atoms with Crippen molar-refractivity contribution in [1.29, 1.82) is 0 Å². The molecule has 8 heteroatoms. The van der Waals surface area contributed by atoms with Gasteiger partial charge in [-0.1, -0.05) is 96.8 Å². The minimum Gasteiger partial charge on any atom is -0.458 e. The molecule has 0 bridgehead atoms. The summed E-state index contributed by atoms with van der Waals surface area (Å²) in [6.45, 7) is 0.581. The molecular formula is C20H38F2O5S. The Morgan fingerprint density at radius 1 is 0.786 bits per heavy atom. The Balaban J connectivity index is 3.38. The zero-order chi connectivity index (χ0) is 21.3. The minimum absolute atomic E-state index is 0.0280. The summed E-state index contributed by atoms with van der Waals surface area (Å²) >= 11 is 0. The molecule has 0 unspecified atom stereocenters. The summed E-state index contributed by atoms with van der Waals surface area (Å²) in [7, 11) is -5.56. The van der Waals surface area contributed by atoms with E-state index < -0.39 is 27.9 Å². The first kappa shape index (κ1) is 27.2. The highest BCUT2D eigenvalue weighted by atomic mass is 32.2. The van der Waals surface area contributed by atoms with Crippen LogP contribution >= 0.6 is 0 Å². The zero-order valence-corrected chi connectivity index (χ0v) is 18.1. The average molecular weight is 429 g/mol. The van der Waals surface area contributed by atoms with Gasteiger partial charge in [0.1, 0.15) is 0 Å². The molecule has 0 aromatic carbocycles. The standard InChI is InChI=1S/C20H38F2O5S/c1-2-3-4-5-6-7-8-9-10-11-12-13-14-15-16-17-19(23)27-18-20(21,22)28(24,25)26/h2-18H2,1H3,(H,24,25,26). The quantitative estimate of drug-likeness (QED) is 0.149. The van der Waals surface area contributed by atoms with Crippen LogP contribution in [0.2, 0.25) is 0 Å². The lowest BCUT2D eigenvalue weighted by Gasteiger charge is -2.12. The maximum absolute atomic E-state index is 12.9. The highest BCUT2D eigenvalue weighted by Gasteiger charge is 2.45. The largest absolute Gasteiger partial charge is 0.458 e. The molecule has 0 fully saturated rings. The molecule has 0 saturated carbocycles. The van der Waals surface area contributed by atoms with Crippen molar-refractivity contribution in [3.05, 3.63) is 0 Å². The Hall–Kier alpha value is -0.760. The van der Waals surface area contributed by atoms with Crippen LogP contribution in [0.25, 0.3) is 0 Å². The van der Waals surface area contributed by atoms with Crippen molar-refractivity contribution in [3.63, 3.8) is 0 Å². The third-order valence-corrected chi connectivity index (χ3v) is 5.64. The number of esters is 1. The third-order valence-electron chi connectivity index (χ3n) is 4.76. The van der Waals surface area contributed by atoms with E-state index in [1.165, 1.54) is 70.6 Å². The van der Waals surface area contributed by atoms with Gasteiger partial charge in [-0.05, 0) is 6.42 Å². The molecule has 0 aliphatic carbocycles. The van der Waals surface area contributed by atoms with Gasteiger partial charge in [-0.3, -0.25) is 9.35 Å². The summed E-state index contributed by atoms with van der Waals surface area (Å²) in [5, 5.41) is -4.46. The fourth-order valence-corrected chi connectivity index (χ4v) is 3.16. The van der Waals surface area contributed by atoms with E-state index in [4.69, 9.17) is 4.55 Å². The normalized spacial score (nSPS) is 12.3. The van der Waals surface area contributed by atoms with Crippen LogP contribution in [0.3, 0.4) is 0 Å². The smallest absolute Gasteiger partial charge is 0.402 e. The Kier molecular flexibility index (Phi) is 15.6. The van der Waals surface area contributed by atoms with Gasteiger partial charge in [0.25, 0.3) is 0 Å². The van der Waals surface area contributed by atoms with E-state index >= 15 is 0 Å². The molecule has 0 aromatic rings. The van der Waals surface area contributed by atoms with Gasteiger partial charge in [-0.2, -0.15) is 17.2 Å². The van der Waals surface area contributed by atoms with E-state index in [0.717, 1.165) is 19.3 Å². The lowest BCUT2D eigenvalue weighted by Crippen LogP contribution is -2.34. The second kappa shape index (κ2) is 16.1. The zero-order valence-electron chi connectivity index (χ0n) is 17.3. The Morgan fingerprint density at radius 3 is 1.50 bits per heavy atom. The Morgan fingerprint density at radius 2 is 1.14 bits per heavy atom. The topological polar surface area (TPSA) is 80.7 Å². The van der Waals surface area contributed by atoms with E-state index in [1.54, 1.807) is 0 Å². The van der Waals surface area contributed by atoms with Gasteiger partial charge in [-0.25, -0.2) is 0 Å². The van der Waals surface area contributed by atoms with Crippen molar-refractivity contribution in [2.24, 2.45) is 0 Å². The first-order valence-electron chi connectivity index (χ1n) is 10.7. The Labute approximate surface area is 169 Å². The predicted molar refractivity (Wildman–Crippen MR) is 107 cm³/mol. The number of halogens is 2. The molecule has 0 radical (unpaired) electrons. The summed E-state index contributed by atoms with van der Waals surface area (Å²) in [4.78, 5) is 11.3. The van der Waals surface area contributed by atoms with Crippen LogP contribution < -0.4 is 0 Å². The number of rotatable bonds is 19. The first-order valence-corrected chi connectivity index (χ1v) is 12.1. The van der Waals surface area contributed by atoms with Crippen molar-refractivity contribution < 1.29 is 31.3 Å². The van der Waals surface area contributed by atoms with Crippen molar-refractivity contribution in [2.45, 2.75) is 115 Å². The number of alkyl halides is 2.